The summed E-state index contributed by atoms with van der Waals surface area (Å²) in [5, 5.41) is 3.07. The minimum atomic E-state index is -4.75. The first-order chi connectivity index (χ1) is 14.2. The van der Waals surface area contributed by atoms with Crippen molar-refractivity contribution in [1.82, 2.24) is 9.88 Å². The number of nitrogens with zero attached hydrogens (tertiary/aromatic N) is 2. The smallest absolute Gasteiger partial charge is 0.406 e. The Morgan fingerprint density at radius 3 is 2.70 bits per heavy atom. The third-order valence-electron chi connectivity index (χ3n) is 4.62. The molecule has 9 heteroatoms. The van der Waals surface area contributed by atoms with Crippen LogP contribution in [0, 0.1) is 0 Å². The van der Waals surface area contributed by atoms with Crippen LogP contribution >= 0.6 is 0 Å². The number of nitrogens with one attached hydrogen (secondary N) is 1. The fraction of sp³-hybridized carbons (Fsp3) is 0.429. The summed E-state index contributed by atoms with van der Waals surface area (Å²) < 4.78 is 47.2. The van der Waals surface area contributed by atoms with Crippen LogP contribution in [-0.2, 0) is 11.3 Å². The van der Waals surface area contributed by atoms with Crippen LogP contribution in [0.2, 0.25) is 0 Å². The number of carbonyl (C=O) groups excluding carboxylic acids is 1. The van der Waals surface area contributed by atoms with E-state index in [0.717, 1.165) is 12.0 Å². The maximum Gasteiger partial charge on any atom is 0.573 e. The van der Waals surface area contributed by atoms with Gasteiger partial charge in [0.25, 0.3) is 5.91 Å². The second kappa shape index (κ2) is 9.34. The minimum Gasteiger partial charge on any atom is -0.406 e. The third-order valence-corrected chi connectivity index (χ3v) is 4.62. The van der Waals surface area contributed by atoms with Crippen LogP contribution < -0.4 is 10.1 Å². The number of benzene rings is 1. The number of halogens is 3. The summed E-state index contributed by atoms with van der Waals surface area (Å²) >= 11 is 0. The normalized spacial score (nSPS) is 14.7. The summed E-state index contributed by atoms with van der Waals surface area (Å²) in [4.78, 5) is 18.3. The van der Waals surface area contributed by atoms with E-state index in [9.17, 15) is 18.0 Å². The molecule has 0 atom stereocenters. The average molecular weight is 423 g/mol. The van der Waals surface area contributed by atoms with Crippen molar-refractivity contribution >= 4 is 11.7 Å². The average Bonchev–Trinajstić information content (AvgIpc) is 2.71. The lowest BCUT2D eigenvalue weighted by Gasteiger charge is -2.26. The van der Waals surface area contributed by atoms with Crippen LogP contribution in [-0.4, -0.2) is 42.0 Å². The van der Waals surface area contributed by atoms with Gasteiger partial charge in [-0.25, -0.2) is 4.98 Å². The van der Waals surface area contributed by atoms with Gasteiger partial charge in [-0.1, -0.05) is 19.9 Å². The molecule has 162 valence electrons. The van der Waals surface area contributed by atoms with Crippen LogP contribution in [0.25, 0.3) is 0 Å². The van der Waals surface area contributed by atoms with E-state index in [1.807, 2.05) is 19.9 Å². The van der Waals surface area contributed by atoms with Crippen molar-refractivity contribution in [3.8, 4) is 5.75 Å². The molecule has 2 aromatic rings. The molecule has 0 radical (unpaired) electrons. The molecule has 0 spiro atoms. The predicted molar refractivity (Wildman–Crippen MR) is 105 cm³/mol. The SMILES string of the molecule is CC(C)c1cc(CNc2ccc(C(=O)N3CCCOC3)cn2)cc(OC(F)(F)F)c1. The van der Waals surface area contributed by atoms with Crippen molar-refractivity contribution in [2.24, 2.45) is 0 Å². The number of ether oxygens (including phenoxy) is 2. The zero-order valence-electron chi connectivity index (χ0n) is 16.8. The van der Waals surface area contributed by atoms with Crippen LogP contribution in [0.5, 0.6) is 5.75 Å². The molecule has 1 aromatic carbocycles. The monoisotopic (exact) mass is 423 g/mol. The second-order valence-corrected chi connectivity index (χ2v) is 7.36. The molecule has 0 saturated carbocycles. The molecule has 0 unspecified atom stereocenters. The number of alkyl halides is 3. The maximum atomic E-state index is 12.6. The van der Waals surface area contributed by atoms with Crippen molar-refractivity contribution in [3.05, 3.63) is 53.2 Å². The van der Waals surface area contributed by atoms with Gasteiger partial charge in [-0.15, -0.1) is 13.2 Å². The second-order valence-electron chi connectivity index (χ2n) is 7.36. The molecule has 0 bridgehead atoms. The highest BCUT2D eigenvalue weighted by Gasteiger charge is 2.31. The van der Waals surface area contributed by atoms with Crippen molar-refractivity contribution in [3.63, 3.8) is 0 Å². The van der Waals surface area contributed by atoms with Gasteiger partial charge in [-0.3, -0.25) is 4.79 Å². The fourth-order valence-corrected chi connectivity index (χ4v) is 3.07. The first kappa shape index (κ1) is 21.9. The number of hydrogen-bond donors (Lipinski definition) is 1. The number of hydrogen-bond acceptors (Lipinski definition) is 5. The van der Waals surface area contributed by atoms with Gasteiger partial charge < -0.3 is 19.7 Å². The van der Waals surface area contributed by atoms with Gasteiger partial charge in [0.1, 0.15) is 18.3 Å². The molecule has 1 aliphatic rings. The van der Waals surface area contributed by atoms with E-state index >= 15 is 0 Å². The lowest BCUT2D eigenvalue weighted by atomic mass is 10.0. The van der Waals surface area contributed by atoms with E-state index in [1.165, 1.54) is 18.3 Å². The summed E-state index contributed by atoms with van der Waals surface area (Å²) in [6, 6.07) is 7.90. The Morgan fingerprint density at radius 1 is 1.30 bits per heavy atom. The fourth-order valence-electron chi connectivity index (χ4n) is 3.07. The van der Waals surface area contributed by atoms with Crippen molar-refractivity contribution in [1.29, 1.82) is 0 Å². The molecular weight excluding hydrogens is 399 g/mol. The van der Waals surface area contributed by atoms with Crippen molar-refractivity contribution in [2.75, 3.05) is 25.2 Å². The van der Waals surface area contributed by atoms with Gasteiger partial charge in [0, 0.05) is 19.3 Å². The Hall–Kier alpha value is -2.81. The van der Waals surface area contributed by atoms with Gasteiger partial charge >= 0.3 is 6.36 Å². The Labute approximate surface area is 173 Å². The largest absolute Gasteiger partial charge is 0.573 e. The van der Waals surface area contributed by atoms with E-state index in [0.29, 0.717) is 30.1 Å². The van der Waals surface area contributed by atoms with E-state index in [4.69, 9.17) is 4.74 Å². The van der Waals surface area contributed by atoms with Crippen LogP contribution in [0.1, 0.15) is 47.7 Å². The molecule has 6 nitrogen and oxygen atoms in total. The molecule has 30 heavy (non-hydrogen) atoms. The van der Waals surface area contributed by atoms with E-state index in [-0.39, 0.29) is 30.9 Å². The zero-order valence-corrected chi connectivity index (χ0v) is 16.8. The summed E-state index contributed by atoms with van der Waals surface area (Å²) in [6.45, 7) is 5.62. The van der Waals surface area contributed by atoms with Crippen LogP contribution in [0.4, 0.5) is 19.0 Å². The molecule has 1 amide bonds. The van der Waals surface area contributed by atoms with Gasteiger partial charge in [0.05, 0.1) is 12.2 Å². The molecule has 1 aromatic heterocycles. The Balaban J connectivity index is 1.66. The molecular formula is C21H24F3N3O3. The molecule has 2 heterocycles. The lowest BCUT2D eigenvalue weighted by molar-refractivity contribution is -0.274. The Bertz CT molecular complexity index is 864. The number of aromatic nitrogens is 1. The highest BCUT2D eigenvalue weighted by molar-refractivity contribution is 5.94. The minimum absolute atomic E-state index is 0.0442. The number of carbonyl (C=O) groups is 1. The summed E-state index contributed by atoms with van der Waals surface area (Å²) in [5.41, 5.74) is 1.83. The number of rotatable bonds is 6. The van der Waals surface area contributed by atoms with Crippen molar-refractivity contribution < 1.29 is 27.4 Å². The number of anilines is 1. The molecule has 1 saturated heterocycles. The first-order valence-corrected chi connectivity index (χ1v) is 9.68. The van der Waals surface area contributed by atoms with Gasteiger partial charge in [-0.2, -0.15) is 0 Å². The highest BCUT2D eigenvalue weighted by Crippen LogP contribution is 2.28. The van der Waals surface area contributed by atoms with E-state index in [2.05, 4.69) is 15.0 Å². The predicted octanol–water partition coefficient (Wildman–Crippen LogP) is 4.54. The Morgan fingerprint density at radius 2 is 2.10 bits per heavy atom. The molecule has 1 fully saturated rings. The number of amides is 1. The summed E-state index contributed by atoms with van der Waals surface area (Å²) in [6.07, 6.45) is -2.47. The maximum absolute atomic E-state index is 12.6. The molecule has 1 N–H and O–H groups in total. The van der Waals surface area contributed by atoms with Gasteiger partial charge in [0.2, 0.25) is 0 Å². The van der Waals surface area contributed by atoms with Crippen LogP contribution in [0.3, 0.4) is 0 Å². The standard InChI is InChI=1S/C21H24F3N3O3/c1-14(2)17-8-15(9-18(10-17)30-21(22,23)24)11-25-19-5-4-16(12-26-19)20(28)27-6-3-7-29-13-27/h4-5,8-10,12,14H,3,6-7,11,13H2,1-2H3,(H,25,26). The Kier molecular flexibility index (Phi) is 6.81. The molecule has 3 rings (SSSR count). The topological polar surface area (TPSA) is 63.7 Å². The molecule has 1 aliphatic heterocycles. The zero-order chi connectivity index (χ0) is 21.7. The quantitative estimate of drug-likeness (QED) is 0.739. The summed E-state index contributed by atoms with van der Waals surface area (Å²) in [5.74, 6) is 0.160. The first-order valence-electron chi connectivity index (χ1n) is 9.68. The van der Waals surface area contributed by atoms with E-state index in [1.54, 1.807) is 17.0 Å². The number of pyridine rings is 1. The van der Waals surface area contributed by atoms with Crippen molar-refractivity contribution in [2.45, 2.75) is 39.1 Å². The summed E-state index contributed by atoms with van der Waals surface area (Å²) in [7, 11) is 0. The highest BCUT2D eigenvalue weighted by atomic mass is 19.4. The van der Waals surface area contributed by atoms with Gasteiger partial charge in [-0.05, 0) is 47.7 Å². The van der Waals surface area contributed by atoms with E-state index < -0.39 is 6.36 Å². The third kappa shape index (κ3) is 6.09. The van der Waals surface area contributed by atoms with Gasteiger partial charge in [0.15, 0.2) is 0 Å². The molecule has 0 aliphatic carbocycles. The van der Waals surface area contributed by atoms with Crippen LogP contribution in [0.15, 0.2) is 36.5 Å². The lowest BCUT2D eigenvalue weighted by Crippen LogP contribution is -2.38.